The minimum Gasteiger partial charge on any atom is -0.369 e. The predicted octanol–water partition coefficient (Wildman–Crippen LogP) is 2.87. The van der Waals surface area contributed by atoms with E-state index >= 15 is 0 Å². The molecule has 4 heteroatoms. The maximum Gasteiger partial charge on any atom is 0.0378 e. The van der Waals surface area contributed by atoms with Gasteiger partial charge in [0.15, 0.2) is 0 Å². The van der Waals surface area contributed by atoms with Gasteiger partial charge in [0, 0.05) is 48.4 Å². The first kappa shape index (κ1) is 15.8. The van der Waals surface area contributed by atoms with Crippen molar-refractivity contribution in [3.05, 3.63) is 28.2 Å². The molecule has 2 rings (SSSR count). The molecule has 1 atom stereocenters. The van der Waals surface area contributed by atoms with Gasteiger partial charge in [0.2, 0.25) is 0 Å². The van der Waals surface area contributed by atoms with Crippen molar-refractivity contribution in [3.63, 3.8) is 0 Å². The normalized spacial score (nSPS) is 18.6. The Kier molecular flexibility index (Phi) is 5.47. The number of piperazine rings is 1. The number of hydrogen-bond donors (Lipinski definition) is 1. The van der Waals surface area contributed by atoms with Gasteiger partial charge < -0.3 is 10.6 Å². The van der Waals surface area contributed by atoms with Crippen LogP contribution < -0.4 is 10.6 Å². The fourth-order valence-electron chi connectivity index (χ4n) is 2.74. The number of hydrogen-bond acceptors (Lipinski definition) is 3. The molecule has 0 radical (unpaired) electrons. The molecule has 0 amide bonds. The van der Waals surface area contributed by atoms with Gasteiger partial charge in [-0.15, -0.1) is 0 Å². The predicted molar refractivity (Wildman–Crippen MR) is 90.4 cm³/mol. The summed E-state index contributed by atoms with van der Waals surface area (Å²) in [4.78, 5) is 5.01. The second-order valence-corrected chi connectivity index (χ2v) is 6.93. The van der Waals surface area contributed by atoms with Gasteiger partial charge in [-0.1, -0.05) is 22.0 Å². The van der Waals surface area contributed by atoms with Gasteiger partial charge in [0.25, 0.3) is 0 Å². The van der Waals surface area contributed by atoms with Crippen molar-refractivity contribution >= 4 is 21.6 Å². The molecule has 0 aromatic heterocycles. The Morgan fingerprint density at radius 3 is 2.30 bits per heavy atom. The molecule has 1 aromatic carbocycles. The first-order valence-electron chi connectivity index (χ1n) is 7.50. The van der Waals surface area contributed by atoms with Crippen LogP contribution in [0, 0.1) is 0 Å². The lowest BCUT2D eigenvalue weighted by Crippen LogP contribution is -2.48. The Morgan fingerprint density at radius 2 is 1.80 bits per heavy atom. The van der Waals surface area contributed by atoms with Crippen LogP contribution in [-0.2, 0) is 6.42 Å². The van der Waals surface area contributed by atoms with Crippen LogP contribution in [0.1, 0.15) is 26.3 Å². The quantitative estimate of drug-likeness (QED) is 0.915. The number of benzene rings is 1. The third kappa shape index (κ3) is 3.96. The fourth-order valence-corrected chi connectivity index (χ4v) is 3.27. The molecular weight excluding hydrogens is 314 g/mol. The highest BCUT2D eigenvalue weighted by Crippen LogP contribution is 2.26. The van der Waals surface area contributed by atoms with Gasteiger partial charge in [-0.3, -0.25) is 4.90 Å². The first-order valence-corrected chi connectivity index (χ1v) is 8.29. The number of nitrogens with zero attached hydrogens (tertiary/aromatic N) is 2. The van der Waals surface area contributed by atoms with Crippen LogP contribution in [0.5, 0.6) is 0 Å². The van der Waals surface area contributed by atoms with E-state index in [1.165, 1.54) is 15.7 Å². The molecule has 1 aromatic rings. The topological polar surface area (TPSA) is 32.5 Å². The van der Waals surface area contributed by atoms with Crippen molar-refractivity contribution in [3.8, 4) is 0 Å². The number of anilines is 1. The average molecular weight is 340 g/mol. The molecule has 1 fully saturated rings. The largest absolute Gasteiger partial charge is 0.369 e. The van der Waals surface area contributed by atoms with E-state index in [9.17, 15) is 0 Å². The van der Waals surface area contributed by atoms with Crippen LogP contribution in [0.3, 0.4) is 0 Å². The zero-order valence-corrected chi connectivity index (χ0v) is 14.4. The van der Waals surface area contributed by atoms with Crippen LogP contribution in [-0.4, -0.2) is 43.2 Å². The van der Waals surface area contributed by atoms with Crippen LogP contribution in [0.15, 0.2) is 22.7 Å². The first-order chi connectivity index (χ1) is 9.47. The van der Waals surface area contributed by atoms with E-state index in [0.29, 0.717) is 6.04 Å². The molecule has 0 bridgehead atoms. The van der Waals surface area contributed by atoms with E-state index in [4.69, 9.17) is 5.73 Å². The summed E-state index contributed by atoms with van der Waals surface area (Å²) >= 11 is 3.68. The summed E-state index contributed by atoms with van der Waals surface area (Å²) in [6.45, 7) is 11.1. The van der Waals surface area contributed by atoms with Crippen molar-refractivity contribution in [1.82, 2.24) is 4.90 Å². The lowest BCUT2D eigenvalue weighted by atomic mass is 10.1. The molecule has 1 unspecified atom stereocenters. The summed E-state index contributed by atoms with van der Waals surface area (Å²) in [5, 5.41) is 0. The van der Waals surface area contributed by atoms with Gasteiger partial charge in [0.05, 0.1) is 0 Å². The second kappa shape index (κ2) is 6.92. The van der Waals surface area contributed by atoms with Gasteiger partial charge in [0.1, 0.15) is 0 Å². The van der Waals surface area contributed by atoms with Crippen molar-refractivity contribution in [2.24, 2.45) is 5.73 Å². The van der Waals surface area contributed by atoms with Gasteiger partial charge in [-0.2, -0.15) is 0 Å². The smallest absolute Gasteiger partial charge is 0.0378 e. The molecule has 2 N–H and O–H groups in total. The monoisotopic (exact) mass is 339 g/mol. The Hall–Kier alpha value is -0.580. The van der Waals surface area contributed by atoms with Crippen LogP contribution in [0.2, 0.25) is 0 Å². The van der Waals surface area contributed by atoms with Crippen LogP contribution >= 0.6 is 15.9 Å². The molecule has 20 heavy (non-hydrogen) atoms. The molecule has 0 spiro atoms. The minimum absolute atomic E-state index is 0.201. The second-order valence-electron chi connectivity index (χ2n) is 6.07. The maximum absolute atomic E-state index is 5.88. The third-order valence-corrected chi connectivity index (χ3v) is 4.73. The zero-order chi connectivity index (χ0) is 14.7. The molecular formula is C16H26BrN3. The minimum atomic E-state index is 0.201. The summed E-state index contributed by atoms with van der Waals surface area (Å²) in [6, 6.07) is 7.53. The van der Waals surface area contributed by atoms with Gasteiger partial charge in [-0.05, 0) is 44.9 Å². The van der Waals surface area contributed by atoms with E-state index in [1.54, 1.807) is 0 Å². The SMILES string of the molecule is CC(N)Cc1ccc(N2CCN(C(C)C)CC2)cc1Br. The molecule has 3 nitrogen and oxygen atoms in total. The van der Waals surface area contributed by atoms with Crippen LogP contribution in [0.25, 0.3) is 0 Å². The lowest BCUT2D eigenvalue weighted by molar-refractivity contribution is 0.209. The Labute approximate surface area is 131 Å². The summed E-state index contributed by atoms with van der Waals surface area (Å²) in [6.07, 6.45) is 0.919. The summed E-state index contributed by atoms with van der Waals surface area (Å²) in [5.41, 5.74) is 8.49. The van der Waals surface area contributed by atoms with Crippen molar-refractivity contribution in [2.45, 2.75) is 39.3 Å². The molecule has 1 aliphatic heterocycles. The molecule has 1 heterocycles. The summed E-state index contributed by atoms with van der Waals surface area (Å²) in [7, 11) is 0. The Morgan fingerprint density at radius 1 is 1.15 bits per heavy atom. The molecule has 0 saturated carbocycles. The molecule has 112 valence electrons. The average Bonchev–Trinajstić information content (AvgIpc) is 2.41. The van der Waals surface area contributed by atoms with Crippen molar-refractivity contribution in [1.29, 1.82) is 0 Å². The highest BCUT2D eigenvalue weighted by molar-refractivity contribution is 9.10. The summed E-state index contributed by atoms with van der Waals surface area (Å²) < 4.78 is 1.18. The van der Waals surface area contributed by atoms with E-state index in [2.05, 4.69) is 57.8 Å². The number of rotatable bonds is 4. The highest BCUT2D eigenvalue weighted by Gasteiger charge is 2.19. The van der Waals surface area contributed by atoms with E-state index in [0.717, 1.165) is 32.6 Å². The molecule has 1 saturated heterocycles. The molecule has 0 aliphatic carbocycles. The molecule has 1 aliphatic rings. The Balaban J connectivity index is 2.02. The zero-order valence-electron chi connectivity index (χ0n) is 12.8. The third-order valence-electron chi connectivity index (χ3n) is 3.99. The van der Waals surface area contributed by atoms with Crippen LogP contribution in [0.4, 0.5) is 5.69 Å². The number of nitrogens with two attached hydrogens (primary N) is 1. The number of halogens is 1. The van der Waals surface area contributed by atoms with E-state index in [1.807, 2.05) is 6.92 Å². The van der Waals surface area contributed by atoms with Gasteiger partial charge in [-0.25, -0.2) is 0 Å². The standard InChI is InChI=1S/C16H26BrN3/c1-12(2)19-6-8-20(9-7-19)15-5-4-14(10-13(3)18)16(17)11-15/h4-5,11-13H,6-10,18H2,1-3H3. The lowest BCUT2D eigenvalue weighted by Gasteiger charge is -2.38. The maximum atomic E-state index is 5.88. The summed E-state index contributed by atoms with van der Waals surface area (Å²) in [5.74, 6) is 0. The van der Waals surface area contributed by atoms with E-state index in [-0.39, 0.29) is 6.04 Å². The fraction of sp³-hybridized carbons (Fsp3) is 0.625. The van der Waals surface area contributed by atoms with Gasteiger partial charge >= 0.3 is 0 Å². The highest BCUT2D eigenvalue weighted by atomic mass is 79.9. The van der Waals surface area contributed by atoms with Crippen molar-refractivity contribution < 1.29 is 0 Å². The Bertz CT molecular complexity index is 437. The van der Waals surface area contributed by atoms with Crippen molar-refractivity contribution in [2.75, 3.05) is 31.1 Å². The van der Waals surface area contributed by atoms with E-state index < -0.39 is 0 Å².